The molecule has 17 heavy (non-hydrogen) atoms. The zero-order chi connectivity index (χ0) is 13.1. The molecule has 1 aromatic carbocycles. The standard InChI is InChI=1S/C13H18Cl2OS/c1-12(2,3)13(15,16-4)9-17-11-7-5-10(14)6-8-11/h5-8H,9H2,1-4H3. The van der Waals surface area contributed by atoms with E-state index in [2.05, 4.69) is 20.8 Å². The maximum absolute atomic E-state index is 6.51. The first-order chi connectivity index (χ1) is 7.78. The first-order valence-electron chi connectivity index (χ1n) is 5.41. The van der Waals surface area contributed by atoms with Crippen molar-refractivity contribution in [3.8, 4) is 0 Å². The second kappa shape index (κ2) is 5.83. The van der Waals surface area contributed by atoms with Crippen molar-refractivity contribution in [2.45, 2.75) is 30.7 Å². The van der Waals surface area contributed by atoms with Crippen molar-refractivity contribution in [1.29, 1.82) is 0 Å². The van der Waals surface area contributed by atoms with Crippen LogP contribution in [0.2, 0.25) is 5.02 Å². The van der Waals surface area contributed by atoms with E-state index in [4.69, 9.17) is 27.9 Å². The monoisotopic (exact) mass is 292 g/mol. The Hall–Kier alpha value is 0.110. The molecule has 0 aromatic heterocycles. The average Bonchev–Trinajstić information content (AvgIpc) is 2.26. The molecule has 0 spiro atoms. The van der Waals surface area contributed by atoms with Gasteiger partial charge in [0.05, 0.1) is 0 Å². The predicted molar refractivity (Wildman–Crippen MR) is 77.2 cm³/mol. The van der Waals surface area contributed by atoms with Crippen LogP contribution in [-0.2, 0) is 4.74 Å². The SMILES string of the molecule is COC(Cl)(CSc1ccc(Cl)cc1)C(C)(C)C. The summed E-state index contributed by atoms with van der Waals surface area (Å²) in [6.07, 6.45) is 0. The van der Waals surface area contributed by atoms with Gasteiger partial charge < -0.3 is 4.74 Å². The molecule has 1 aromatic rings. The van der Waals surface area contributed by atoms with Gasteiger partial charge in [-0.2, -0.15) is 0 Å². The normalized spacial score (nSPS) is 15.6. The molecule has 0 bridgehead atoms. The summed E-state index contributed by atoms with van der Waals surface area (Å²) in [7, 11) is 1.65. The molecule has 0 aliphatic carbocycles. The number of hydrogen-bond donors (Lipinski definition) is 0. The Bertz CT molecular complexity index is 359. The highest BCUT2D eigenvalue weighted by Crippen LogP contribution is 2.41. The van der Waals surface area contributed by atoms with E-state index in [-0.39, 0.29) is 5.41 Å². The number of halogens is 2. The zero-order valence-corrected chi connectivity index (χ0v) is 12.9. The molecule has 0 fully saturated rings. The molecule has 1 unspecified atom stereocenters. The summed E-state index contributed by atoms with van der Waals surface area (Å²) in [5.41, 5.74) is -0.122. The maximum Gasteiger partial charge on any atom is 0.155 e. The third-order valence-corrected chi connectivity index (χ3v) is 5.10. The molecule has 4 heteroatoms. The van der Waals surface area contributed by atoms with Gasteiger partial charge in [-0.1, -0.05) is 44.0 Å². The van der Waals surface area contributed by atoms with Crippen molar-refractivity contribution in [2.75, 3.05) is 12.9 Å². The van der Waals surface area contributed by atoms with Crippen molar-refractivity contribution in [3.05, 3.63) is 29.3 Å². The van der Waals surface area contributed by atoms with Crippen molar-refractivity contribution >= 4 is 35.0 Å². The summed E-state index contributed by atoms with van der Waals surface area (Å²) >= 11 is 14.0. The van der Waals surface area contributed by atoms with E-state index in [9.17, 15) is 0 Å². The Morgan fingerprint density at radius 3 is 2.12 bits per heavy atom. The van der Waals surface area contributed by atoms with Crippen LogP contribution in [0.4, 0.5) is 0 Å². The fraction of sp³-hybridized carbons (Fsp3) is 0.538. The van der Waals surface area contributed by atoms with Gasteiger partial charge in [0.15, 0.2) is 5.06 Å². The summed E-state index contributed by atoms with van der Waals surface area (Å²) < 4.78 is 5.47. The second-order valence-electron chi connectivity index (χ2n) is 4.93. The van der Waals surface area contributed by atoms with Crippen molar-refractivity contribution < 1.29 is 4.74 Å². The van der Waals surface area contributed by atoms with Crippen LogP contribution in [0.5, 0.6) is 0 Å². The smallest absolute Gasteiger partial charge is 0.155 e. The third-order valence-electron chi connectivity index (χ3n) is 2.68. The number of benzene rings is 1. The zero-order valence-electron chi connectivity index (χ0n) is 10.6. The molecule has 0 N–H and O–H groups in total. The van der Waals surface area contributed by atoms with Crippen LogP contribution in [0.1, 0.15) is 20.8 Å². The molecule has 0 saturated carbocycles. The van der Waals surface area contributed by atoms with Crippen LogP contribution in [-0.4, -0.2) is 17.9 Å². The van der Waals surface area contributed by atoms with Gasteiger partial charge in [0.25, 0.3) is 0 Å². The molecule has 0 saturated heterocycles. The number of rotatable bonds is 4. The lowest BCUT2D eigenvalue weighted by Crippen LogP contribution is -2.41. The highest BCUT2D eigenvalue weighted by Gasteiger charge is 2.40. The number of hydrogen-bond acceptors (Lipinski definition) is 2. The van der Waals surface area contributed by atoms with E-state index in [1.165, 1.54) is 0 Å². The Morgan fingerprint density at radius 1 is 1.18 bits per heavy atom. The Labute approximate surface area is 118 Å². The van der Waals surface area contributed by atoms with Gasteiger partial charge >= 0.3 is 0 Å². The molecular weight excluding hydrogens is 275 g/mol. The van der Waals surface area contributed by atoms with E-state index < -0.39 is 5.06 Å². The lowest BCUT2D eigenvalue weighted by molar-refractivity contribution is -0.00323. The van der Waals surface area contributed by atoms with Crippen LogP contribution >= 0.6 is 35.0 Å². The number of ether oxygens (including phenoxy) is 1. The van der Waals surface area contributed by atoms with E-state index in [0.717, 1.165) is 9.92 Å². The van der Waals surface area contributed by atoms with E-state index in [1.54, 1.807) is 18.9 Å². The van der Waals surface area contributed by atoms with E-state index in [0.29, 0.717) is 5.75 Å². The minimum absolute atomic E-state index is 0.122. The third kappa shape index (κ3) is 4.06. The average molecular weight is 293 g/mol. The summed E-state index contributed by atoms with van der Waals surface area (Å²) in [6, 6.07) is 7.73. The number of thioether (sulfide) groups is 1. The van der Waals surface area contributed by atoms with Crippen LogP contribution < -0.4 is 0 Å². The molecule has 96 valence electrons. The van der Waals surface area contributed by atoms with Crippen molar-refractivity contribution in [2.24, 2.45) is 5.41 Å². The fourth-order valence-electron chi connectivity index (χ4n) is 1.29. The summed E-state index contributed by atoms with van der Waals surface area (Å²) in [5, 5.41) is 0.0751. The molecule has 0 amide bonds. The van der Waals surface area contributed by atoms with E-state index >= 15 is 0 Å². The predicted octanol–water partition coefficient (Wildman–Crippen LogP) is 5.06. The van der Waals surface area contributed by atoms with Crippen LogP contribution in [0.3, 0.4) is 0 Å². The quantitative estimate of drug-likeness (QED) is 0.567. The van der Waals surface area contributed by atoms with Gasteiger partial charge in [0, 0.05) is 28.2 Å². The highest BCUT2D eigenvalue weighted by atomic mass is 35.5. The minimum atomic E-state index is -0.669. The summed E-state index contributed by atoms with van der Waals surface area (Å²) in [4.78, 5) is 1.14. The molecule has 0 radical (unpaired) electrons. The van der Waals surface area contributed by atoms with Crippen LogP contribution in [0, 0.1) is 5.41 Å². The van der Waals surface area contributed by atoms with Crippen LogP contribution in [0.25, 0.3) is 0 Å². The topological polar surface area (TPSA) is 9.23 Å². The lowest BCUT2D eigenvalue weighted by Gasteiger charge is -2.37. The van der Waals surface area contributed by atoms with Gasteiger partial charge in [-0.25, -0.2) is 0 Å². The minimum Gasteiger partial charge on any atom is -0.362 e. The number of methoxy groups -OCH3 is 1. The lowest BCUT2D eigenvalue weighted by atomic mass is 9.89. The molecule has 1 nitrogen and oxygen atoms in total. The van der Waals surface area contributed by atoms with Crippen molar-refractivity contribution in [1.82, 2.24) is 0 Å². The Morgan fingerprint density at radius 2 is 1.71 bits per heavy atom. The van der Waals surface area contributed by atoms with Gasteiger partial charge in [0.2, 0.25) is 0 Å². The largest absolute Gasteiger partial charge is 0.362 e. The van der Waals surface area contributed by atoms with Gasteiger partial charge in [-0.05, 0) is 24.3 Å². The molecule has 0 heterocycles. The Kier molecular flexibility index (Phi) is 5.21. The summed E-state index contributed by atoms with van der Waals surface area (Å²) in [6.45, 7) is 6.23. The second-order valence-corrected chi connectivity index (χ2v) is 7.02. The van der Waals surface area contributed by atoms with Gasteiger partial charge in [0.1, 0.15) is 0 Å². The van der Waals surface area contributed by atoms with E-state index in [1.807, 2.05) is 24.3 Å². The first-order valence-corrected chi connectivity index (χ1v) is 7.15. The van der Waals surface area contributed by atoms with Crippen molar-refractivity contribution in [3.63, 3.8) is 0 Å². The van der Waals surface area contributed by atoms with Gasteiger partial charge in [-0.3, -0.25) is 0 Å². The molecule has 1 atom stereocenters. The highest BCUT2D eigenvalue weighted by molar-refractivity contribution is 7.99. The van der Waals surface area contributed by atoms with Gasteiger partial charge in [-0.15, -0.1) is 11.8 Å². The fourth-order valence-corrected chi connectivity index (χ4v) is 2.81. The molecular formula is C13H18Cl2OS. The first kappa shape index (κ1) is 15.2. The molecule has 1 rings (SSSR count). The van der Waals surface area contributed by atoms with Crippen LogP contribution in [0.15, 0.2) is 29.2 Å². The number of alkyl halides is 1. The maximum atomic E-state index is 6.51. The molecule has 0 aliphatic rings. The molecule has 0 aliphatic heterocycles. The summed E-state index contributed by atoms with van der Waals surface area (Å²) in [5.74, 6) is 0.691. The Balaban J connectivity index is 2.68.